The Kier molecular flexibility index (Phi) is 12.3. The van der Waals surface area contributed by atoms with Gasteiger partial charge in [0.1, 0.15) is 5.75 Å². The molecule has 0 saturated carbocycles. The first kappa shape index (κ1) is 24.0. The Morgan fingerprint density at radius 1 is 1.05 bits per heavy atom. The number of carbonyl (C=O) groups is 2. The van der Waals surface area contributed by atoms with Crippen LogP contribution in [0.5, 0.6) is 5.75 Å². The average Bonchev–Trinajstić information content (AvgIpc) is 2.37. The zero-order valence-electron chi connectivity index (χ0n) is 13.7. The summed E-state index contributed by atoms with van der Waals surface area (Å²) in [6, 6.07) is 6.87. The van der Waals surface area contributed by atoms with Gasteiger partial charge in [0.2, 0.25) is 0 Å². The normalized spacial score (nSPS) is 10.9. The largest absolute Gasteiger partial charge is 0.497 e. The van der Waals surface area contributed by atoms with Gasteiger partial charge in [0.25, 0.3) is 0 Å². The summed E-state index contributed by atoms with van der Waals surface area (Å²) in [4.78, 5) is 22.6. The standard InChI is InChI=1S/C15H18O5.2Na/c1-9(2)13(15(18)19)12(14(16)17)8-10-4-6-11(20-3)7-5-10;;/h4-7,9H,8H2,1-3H3,(H,16,17)(H,18,19);;. The van der Waals surface area contributed by atoms with E-state index in [-0.39, 0.29) is 82.6 Å². The maximum Gasteiger partial charge on any atom is 0.332 e. The molecular formula is C15H18Na2O5. The molecular weight excluding hydrogens is 306 g/mol. The zero-order chi connectivity index (χ0) is 15.3. The van der Waals surface area contributed by atoms with Crippen LogP contribution < -0.4 is 4.74 Å². The average molecular weight is 324 g/mol. The summed E-state index contributed by atoms with van der Waals surface area (Å²) in [5.41, 5.74) is 0.577. The molecule has 0 unspecified atom stereocenters. The summed E-state index contributed by atoms with van der Waals surface area (Å²) in [6.07, 6.45) is 0.0686. The summed E-state index contributed by atoms with van der Waals surface area (Å²) < 4.78 is 5.02. The van der Waals surface area contributed by atoms with E-state index < -0.39 is 11.9 Å². The van der Waals surface area contributed by atoms with Crippen LogP contribution in [0.4, 0.5) is 0 Å². The smallest absolute Gasteiger partial charge is 0.332 e. The number of rotatable bonds is 6. The molecule has 0 aliphatic carbocycles. The maximum atomic E-state index is 11.3. The van der Waals surface area contributed by atoms with Crippen molar-refractivity contribution in [3.05, 3.63) is 41.0 Å². The molecule has 0 aliphatic rings. The van der Waals surface area contributed by atoms with Crippen molar-refractivity contribution in [2.75, 3.05) is 7.11 Å². The minimum atomic E-state index is -1.20. The molecule has 1 aromatic rings. The number of hydrogen-bond acceptors (Lipinski definition) is 3. The van der Waals surface area contributed by atoms with Crippen LogP contribution in [-0.2, 0) is 16.0 Å². The molecule has 0 fully saturated rings. The van der Waals surface area contributed by atoms with E-state index in [9.17, 15) is 19.8 Å². The van der Waals surface area contributed by atoms with Crippen molar-refractivity contribution in [2.45, 2.75) is 20.3 Å². The van der Waals surface area contributed by atoms with E-state index >= 15 is 0 Å². The maximum absolute atomic E-state index is 11.3. The second kappa shape index (κ2) is 11.3. The van der Waals surface area contributed by atoms with Gasteiger partial charge >= 0.3 is 11.9 Å². The Balaban J connectivity index is 0. The molecule has 22 heavy (non-hydrogen) atoms. The Labute approximate surface area is 174 Å². The first-order chi connectivity index (χ1) is 9.36. The van der Waals surface area contributed by atoms with Crippen molar-refractivity contribution in [3.63, 3.8) is 0 Å². The van der Waals surface area contributed by atoms with Crippen molar-refractivity contribution in [3.8, 4) is 5.75 Å². The van der Waals surface area contributed by atoms with Crippen LogP contribution in [-0.4, -0.2) is 88.4 Å². The van der Waals surface area contributed by atoms with Crippen molar-refractivity contribution in [1.29, 1.82) is 0 Å². The molecule has 2 N–H and O–H groups in total. The second-order valence-corrected chi connectivity index (χ2v) is 4.68. The van der Waals surface area contributed by atoms with Crippen LogP contribution in [0.15, 0.2) is 35.4 Å². The van der Waals surface area contributed by atoms with Gasteiger partial charge in [0.05, 0.1) is 18.3 Å². The fourth-order valence-electron chi connectivity index (χ4n) is 1.96. The van der Waals surface area contributed by atoms with E-state index in [1.807, 2.05) is 0 Å². The molecule has 1 rings (SSSR count). The molecule has 0 spiro atoms. The van der Waals surface area contributed by atoms with E-state index in [2.05, 4.69) is 0 Å². The van der Waals surface area contributed by atoms with Crippen molar-refractivity contribution >= 4 is 71.1 Å². The third-order valence-corrected chi connectivity index (χ3v) is 2.93. The van der Waals surface area contributed by atoms with E-state index in [4.69, 9.17) is 4.74 Å². The van der Waals surface area contributed by atoms with Gasteiger partial charge in [-0.3, -0.25) is 0 Å². The first-order valence-corrected chi connectivity index (χ1v) is 6.19. The molecule has 1 aromatic carbocycles. The van der Waals surface area contributed by atoms with Gasteiger partial charge in [-0.25, -0.2) is 9.59 Å². The minimum absolute atomic E-state index is 0. The van der Waals surface area contributed by atoms with Crippen LogP contribution in [0.2, 0.25) is 0 Å². The summed E-state index contributed by atoms with van der Waals surface area (Å²) >= 11 is 0. The van der Waals surface area contributed by atoms with Gasteiger partial charge in [0, 0.05) is 65.5 Å². The van der Waals surface area contributed by atoms with E-state index in [0.29, 0.717) is 5.75 Å². The molecule has 0 aromatic heterocycles. The third-order valence-electron chi connectivity index (χ3n) is 2.93. The van der Waals surface area contributed by atoms with Crippen LogP contribution in [0, 0.1) is 5.92 Å². The second-order valence-electron chi connectivity index (χ2n) is 4.68. The first-order valence-electron chi connectivity index (χ1n) is 6.19. The predicted molar refractivity (Wildman–Crippen MR) is 85.3 cm³/mol. The Morgan fingerprint density at radius 2 is 1.55 bits per heavy atom. The predicted octanol–water partition coefficient (Wildman–Crippen LogP) is 1.60. The number of hydrogen-bond donors (Lipinski definition) is 2. The van der Waals surface area contributed by atoms with Gasteiger partial charge < -0.3 is 14.9 Å². The molecule has 2 radical (unpaired) electrons. The van der Waals surface area contributed by atoms with Crippen LogP contribution in [0.1, 0.15) is 19.4 Å². The topological polar surface area (TPSA) is 83.8 Å². The number of benzene rings is 1. The van der Waals surface area contributed by atoms with Crippen LogP contribution in [0.25, 0.3) is 0 Å². The number of carboxylic acid groups (broad SMARTS) is 2. The molecule has 0 amide bonds. The van der Waals surface area contributed by atoms with Crippen molar-refractivity contribution < 1.29 is 24.5 Å². The Bertz CT molecular complexity index is 535. The van der Waals surface area contributed by atoms with E-state index in [1.54, 1.807) is 45.2 Å². The molecule has 5 nitrogen and oxygen atoms in total. The van der Waals surface area contributed by atoms with Crippen molar-refractivity contribution in [2.24, 2.45) is 5.92 Å². The molecule has 0 saturated heterocycles. The summed E-state index contributed by atoms with van der Waals surface area (Å²) in [6.45, 7) is 3.33. The van der Waals surface area contributed by atoms with Crippen LogP contribution >= 0.6 is 0 Å². The third kappa shape index (κ3) is 6.86. The Morgan fingerprint density at radius 3 is 1.86 bits per heavy atom. The van der Waals surface area contributed by atoms with E-state index in [1.165, 1.54) is 0 Å². The fourth-order valence-corrected chi connectivity index (χ4v) is 1.96. The molecule has 0 heterocycles. The molecule has 110 valence electrons. The number of carboxylic acids is 2. The zero-order valence-corrected chi connectivity index (χ0v) is 17.7. The summed E-state index contributed by atoms with van der Waals surface area (Å²) in [7, 11) is 1.54. The van der Waals surface area contributed by atoms with Gasteiger partial charge in [-0.2, -0.15) is 0 Å². The minimum Gasteiger partial charge on any atom is -0.497 e. The molecule has 7 heteroatoms. The van der Waals surface area contributed by atoms with Crippen molar-refractivity contribution in [1.82, 2.24) is 0 Å². The van der Waals surface area contributed by atoms with Gasteiger partial charge in [-0.1, -0.05) is 26.0 Å². The number of ether oxygens (including phenoxy) is 1. The number of methoxy groups -OCH3 is 1. The molecule has 0 bridgehead atoms. The molecule has 0 atom stereocenters. The molecule has 0 aliphatic heterocycles. The van der Waals surface area contributed by atoms with Crippen LogP contribution in [0.3, 0.4) is 0 Å². The SMILES string of the molecule is COc1ccc(CC(C(=O)O)=C(C(=O)O)C(C)C)cc1.[Na].[Na]. The summed E-state index contributed by atoms with van der Waals surface area (Å²) in [5.74, 6) is -2.09. The van der Waals surface area contributed by atoms with Gasteiger partial charge in [0.15, 0.2) is 0 Å². The number of aliphatic carboxylic acids is 2. The van der Waals surface area contributed by atoms with Gasteiger partial charge in [-0.15, -0.1) is 0 Å². The Hall–Kier alpha value is -0.300. The van der Waals surface area contributed by atoms with E-state index in [0.717, 1.165) is 5.56 Å². The van der Waals surface area contributed by atoms with Gasteiger partial charge in [-0.05, 0) is 23.6 Å². The quantitative estimate of drug-likeness (QED) is 0.613. The summed E-state index contributed by atoms with van der Waals surface area (Å²) in [5, 5.41) is 18.4. The fraction of sp³-hybridized carbons (Fsp3) is 0.333. The monoisotopic (exact) mass is 324 g/mol.